The van der Waals surface area contributed by atoms with Crippen LogP contribution in [0.25, 0.3) is 0 Å². The van der Waals surface area contributed by atoms with Gasteiger partial charge in [-0.05, 0) is 25.0 Å². The summed E-state index contributed by atoms with van der Waals surface area (Å²) < 4.78 is 4.78. The number of nitrogens with zero attached hydrogens (tertiary/aromatic N) is 2. The summed E-state index contributed by atoms with van der Waals surface area (Å²) in [7, 11) is 0. The molecular weight excluding hydrogens is 248 g/mol. The van der Waals surface area contributed by atoms with Crippen LogP contribution in [-0.4, -0.2) is 17.5 Å². The number of nitro groups is 1. The third-order valence-corrected chi connectivity index (χ3v) is 2.61. The highest BCUT2D eigenvalue weighted by Crippen LogP contribution is 2.25. The van der Waals surface area contributed by atoms with Gasteiger partial charge < -0.3 is 4.74 Å². The Hall–Kier alpha value is -2.42. The van der Waals surface area contributed by atoms with Gasteiger partial charge in [0.2, 0.25) is 0 Å². The fourth-order valence-electron chi connectivity index (χ4n) is 1.83. The Bertz CT molecular complexity index is 546. The third-order valence-electron chi connectivity index (χ3n) is 2.61. The van der Waals surface area contributed by atoms with E-state index >= 15 is 0 Å². The SMILES string of the molecule is CCOC(=O)Cc1cc(C#N)c(CC)c([N+](=O)[O-])c1. The smallest absolute Gasteiger partial charge is 0.310 e. The van der Waals surface area contributed by atoms with Gasteiger partial charge in [0.05, 0.1) is 29.6 Å². The van der Waals surface area contributed by atoms with Crippen molar-refractivity contribution in [1.82, 2.24) is 0 Å². The van der Waals surface area contributed by atoms with E-state index in [9.17, 15) is 14.9 Å². The molecule has 1 aromatic carbocycles. The number of ether oxygens (including phenoxy) is 1. The van der Waals surface area contributed by atoms with Crippen LogP contribution in [0.5, 0.6) is 0 Å². The minimum absolute atomic E-state index is 0.0760. The molecule has 6 nitrogen and oxygen atoms in total. The van der Waals surface area contributed by atoms with E-state index in [2.05, 4.69) is 0 Å². The number of carbonyl (C=O) groups excluding carboxylic acids is 1. The fourth-order valence-corrected chi connectivity index (χ4v) is 1.83. The number of nitro benzene ring substituents is 1. The molecule has 0 aliphatic heterocycles. The molecule has 1 rings (SSSR count). The van der Waals surface area contributed by atoms with Crippen LogP contribution in [0.4, 0.5) is 5.69 Å². The van der Waals surface area contributed by atoms with Crippen LogP contribution in [-0.2, 0) is 22.4 Å². The monoisotopic (exact) mass is 262 g/mol. The Morgan fingerprint density at radius 1 is 1.47 bits per heavy atom. The number of benzene rings is 1. The van der Waals surface area contributed by atoms with Crippen LogP contribution in [0.2, 0.25) is 0 Å². The van der Waals surface area contributed by atoms with E-state index in [4.69, 9.17) is 10.00 Å². The van der Waals surface area contributed by atoms with Crippen LogP contribution < -0.4 is 0 Å². The largest absolute Gasteiger partial charge is 0.466 e. The Kier molecular flexibility index (Phi) is 5.01. The van der Waals surface area contributed by atoms with E-state index in [1.165, 1.54) is 12.1 Å². The Balaban J connectivity index is 3.22. The molecule has 0 N–H and O–H groups in total. The molecule has 0 unspecified atom stereocenters. The second-order valence-corrected chi connectivity index (χ2v) is 3.85. The van der Waals surface area contributed by atoms with Gasteiger partial charge in [-0.3, -0.25) is 14.9 Å². The molecule has 0 fully saturated rings. The molecule has 0 radical (unpaired) electrons. The number of esters is 1. The first-order valence-corrected chi connectivity index (χ1v) is 5.89. The number of rotatable bonds is 5. The number of carbonyl (C=O) groups is 1. The van der Waals surface area contributed by atoms with Crippen LogP contribution in [0.1, 0.15) is 30.5 Å². The summed E-state index contributed by atoms with van der Waals surface area (Å²) in [6.07, 6.45) is 0.312. The molecular formula is C13H14N2O4. The second kappa shape index (κ2) is 6.50. The van der Waals surface area contributed by atoms with Crippen molar-refractivity contribution in [3.63, 3.8) is 0 Å². The summed E-state index contributed by atoms with van der Waals surface area (Å²) in [5.74, 6) is -0.468. The van der Waals surface area contributed by atoms with Crippen molar-refractivity contribution in [2.45, 2.75) is 26.7 Å². The highest BCUT2D eigenvalue weighted by Gasteiger charge is 2.19. The number of hydrogen-bond acceptors (Lipinski definition) is 5. The van der Waals surface area contributed by atoms with Gasteiger partial charge in [0.15, 0.2) is 0 Å². The molecule has 0 amide bonds. The molecule has 0 aromatic heterocycles. The molecule has 0 spiro atoms. The summed E-state index contributed by atoms with van der Waals surface area (Å²) in [5.41, 5.74) is 0.913. The van der Waals surface area contributed by atoms with E-state index in [0.717, 1.165) is 0 Å². The van der Waals surface area contributed by atoms with Crippen molar-refractivity contribution >= 4 is 11.7 Å². The normalized spacial score (nSPS) is 9.74. The Morgan fingerprint density at radius 3 is 2.63 bits per heavy atom. The maximum Gasteiger partial charge on any atom is 0.310 e. The Labute approximate surface area is 110 Å². The van der Waals surface area contributed by atoms with Gasteiger partial charge in [-0.2, -0.15) is 5.26 Å². The summed E-state index contributed by atoms with van der Waals surface area (Å²) in [6.45, 7) is 3.68. The third kappa shape index (κ3) is 3.52. The molecule has 0 aliphatic rings. The quantitative estimate of drug-likeness (QED) is 0.460. The van der Waals surface area contributed by atoms with Crippen molar-refractivity contribution in [2.75, 3.05) is 6.61 Å². The van der Waals surface area contributed by atoms with E-state index in [1.54, 1.807) is 13.8 Å². The lowest BCUT2D eigenvalue weighted by molar-refractivity contribution is -0.385. The van der Waals surface area contributed by atoms with Crippen molar-refractivity contribution in [2.24, 2.45) is 0 Å². The second-order valence-electron chi connectivity index (χ2n) is 3.85. The van der Waals surface area contributed by atoms with Crippen LogP contribution in [0.3, 0.4) is 0 Å². The summed E-state index contributed by atoms with van der Waals surface area (Å²) in [6, 6.07) is 4.76. The Morgan fingerprint density at radius 2 is 2.16 bits per heavy atom. The van der Waals surface area contributed by atoms with Gasteiger partial charge in [0, 0.05) is 11.6 Å². The van der Waals surface area contributed by atoms with Crippen LogP contribution in [0, 0.1) is 21.4 Å². The molecule has 0 saturated carbocycles. The van der Waals surface area contributed by atoms with Crippen LogP contribution in [0.15, 0.2) is 12.1 Å². The highest BCUT2D eigenvalue weighted by atomic mass is 16.6. The molecule has 0 aliphatic carbocycles. The van der Waals surface area contributed by atoms with Crippen LogP contribution >= 0.6 is 0 Å². The average molecular weight is 262 g/mol. The van der Waals surface area contributed by atoms with Gasteiger partial charge >= 0.3 is 5.97 Å². The molecule has 0 saturated heterocycles. The van der Waals surface area contributed by atoms with E-state index in [1.807, 2.05) is 6.07 Å². The molecule has 100 valence electrons. The predicted octanol–water partition coefficient (Wildman–Crippen LogP) is 2.13. The summed E-state index contributed by atoms with van der Waals surface area (Å²) >= 11 is 0. The molecule has 1 aromatic rings. The summed E-state index contributed by atoms with van der Waals surface area (Å²) in [5, 5.41) is 20.0. The average Bonchev–Trinajstić information content (AvgIpc) is 2.37. The van der Waals surface area contributed by atoms with Crippen molar-refractivity contribution in [3.05, 3.63) is 38.9 Å². The van der Waals surface area contributed by atoms with Gasteiger partial charge in [-0.1, -0.05) is 6.92 Å². The summed E-state index contributed by atoms with van der Waals surface area (Å²) in [4.78, 5) is 21.8. The van der Waals surface area contributed by atoms with E-state index in [-0.39, 0.29) is 24.3 Å². The van der Waals surface area contributed by atoms with E-state index < -0.39 is 10.9 Å². The maximum absolute atomic E-state index is 11.4. The molecule has 0 heterocycles. The molecule has 0 atom stereocenters. The van der Waals surface area contributed by atoms with Gasteiger partial charge in [-0.25, -0.2) is 0 Å². The first-order chi connectivity index (χ1) is 9.03. The minimum atomic E-state index is -0.533. The zero-order valence-electron chi connectivity index (χ0n) is 10.8. The maximum atomic E-state index is 11.4. The lowest BCUT2D eigenvalue weighted by Gasteiger charge is -2.07. The lowest BCUT2D eigenvalue weighted by Crippen LogP contribution is -2.09. The van der Waals surface area contributed by atoms with Crippen molar-refractivity contribution in [3.8, 4) is 6.07 Å². The topological polar surface area (TPSA) is 93.2 Å². The van der Waals surface area contributed by atoms with Gasteiger partial charge in [-0.15, -0.1) is 0 Å². The van der Waals surface area contributed by atoms with Crippen molar-refractivity contribution in [1.29, 1.82) is 5.26 Å². The minimum Gasteiger partial charge on any atom is -0.466 e. The zero-order valence-corrected chi connectivity index (χ0v) is 10.8. The molecule has 19 heavy (non-hydrogen) atoms. The zero-order chi connectivity index (χ0) is 14.4. The van der Waals surface area contributed by atoms with E-state index in [0.29, 0.717) is 17.5 Å². The van der Waals surface area contributed by atoms with Crippen molar-refractivity contribution < 1.29 is 14.5 Å². The van der Waals surface area contributed by atoms with Gasteiger partial charge in [0.25, 0.3) is 5.69 Å². The standard InChI is InChI=1S/C13H14N2O4/c1-3-11-10(8-14)5-9(6-12(11)15(17)18)7-13(16)19-4-2/h5-6H,3-4,7H2,1-2H3. The predicted molar refractivity (Wildman–Crippen MR) is 67.5 cm³/mol. The molecule has 0 bridgehead atoms. The highest BCUT2D eigenvalue weighted by molar-refractivity contribution is 5.73. The lowest BCUT2D eigenvalue weighted by atomic mass is 9.99. The number of nitriles is 1. The molecule has 6 heteroatoms. The first-order valence-electron chi connectivity index (χ1n) is 5.89. The fraction of sp³-hybridized carbons (Fsp3) is 0.385. The van der Waals surface area contributed by atoms with Gasteiger partial charge in [0.1, 0.15) is 0 Å². The number of hydrogen-bond donors (Lipinski definition) is 0. The first kappa shape index (κ1) is 14.6.